The monoisotopic (exact) mass is 187 g/mol. The van der Waals surface area contributed by atoms with Crippen molar-refractivity contribution in [3.63, 3.8) is 0 Å². The van der Waals surface area contributed by atoms with E-state index in [0.29, 0.717) is 4.90 Å². The van der Waals surface area contributed by atoms with Crippen LogP contribution in [0.5, 0.6) is 0 Å². The first-order valence-corrected chi connectivity index (χ1v) is 4.16. The minimum atomic E-state index is -0.568. The number of halogens is 1. The molecule has 0 saturated carbocycles. The van der Waals surface area contributed by atoms with Crippen molar-refractivity contribution in [2.75, 3.05) is 6.01 Å². The fraction of sp³-hybridized carbons (Fsp3) is 0.143. The van der Waals surface area contributed by atoms with Crippen molar-refractivity contribution in [3.05, 3.63) is 34.4 Å². The van der Waals surface area contributed by atoms with E-state index >= 15 is 0 Å². The van der Waals surface area contributed by atoms with Gasteiger partial charge in [-0.2, -0.15) is 0 Å². The smallest absolute Gasteiger partial charge is 0.258 e. The van der Waals surface area contributed by atoms with Crippen molar-refractivity contribution < 1.29 is 9.31 Å². The molecule has 0 N–H and O–H groups in total. The Balaban J connectivity index is 2.88. The van der Waals surface area contributed by atoms with Gasteiger partial charge in [0.05, 0.1) is 4.92 Å². The van der Waals surface area contributed by atoms with Gasteiger partial charge in [-0.3, -0.25) is 10.1 Å². The first kappa shape index (κ1) is 8.99. The summed E-state index contributed by atoms with van der Waals surface area (Å²) in [4.78, 5) is 10.3. The maximum atomic E-state index is 11.8. The molecule has 0 heterocycles. The van der Waals surface area contributed by atoms with E-state index in [1.165, 1.54) is 18.2 Å². The number of alkyl halides is 1. The van der Waals surface area contributed by atoms with Crippen molar-refractivity contribution in [1.82, 2.24) is 0 Å². The Morgan fingerprint density at radius 2 is 2.33 bits per heavy atom. The van der Waals surface area contributed by atoms with Gasteiger partial charge in [-0.15, -0.1) is 0 Å². The molecular weight excluding hydrogens is 181 g/mol. The third kappa shape index (κ3) is 2.20. The van der Waals surface area contributed by atoms with Crippen LogP contribution < -0.4 is 0 Å². The van der Waals surface area contributed by atoms with Crippen LogP contribution in [0.25, 0.3) is 0 Å². The number of non-ortho nitro benzene ring substituents is 1. The molecule has 0 atom stereocenters. The van der Waals surface area contributed by atoms with Crippen LogP contribution in [0.15, 0.2) is 29.2 Å². The minimum absolute atomic E-state index is 0.00606. The van der Waals surface area contributed by atoms with Gasteiger partial charge in [0, 0.05) is 17.0 Å². The third-order valence-corrected chi connectivity index (χ3v) is 1.95. The molecule has 0 aliphatic carbocycles. The SMILES string of the molecule is O=[N+]([O-])c1cccc(SCF)c1. The standard InChI is InChI=1S/C7H6FNO2S/c8-5-12-7-3-1-2-6(4-7)9(10)11/h1-4H,5H2. The van der Waals surface area contributed by atoms with Gasteiger partial charge < -0.3 is 0 Å². The van der Waals surface area contributed by atoms with E-state index in [0.717, 1.165) is 11.8 Å². The van der Waals surface area contributed by atoms with Crippen LogP contribution in [-0.2, 0) is 0 Å². The molecule has 0 saturated heterocycles. The number of nitrogens with zero attached hydrogens (tertiary/aromatic N) is 1. The molecule has 0 aliphatic rings. The molecule has 0 aromatic heterocycles. The summed E-state index contributed by atoms with van der Waals surface area (Å²) < 4.78 is 11.8. The molecule has 0 spiro atoms. The molecule has 1 rings (SSSR count). The summed E-state index contributed by atoms with van der Waals surface area (Å²) in [7, 11) is 0. The van der Waals surface area contributed by atoms with Crippen molar-refractivity contribution in [1.29, 1.82) is 0 Å². The molecule has 64 valence electrons. The van der Waals surface area contributed by atoms with E-state index in [2.05, 4.69) is 0 Å². The Morgan fingerprint density at radius 1 is 1.58 bits per heavy atom. The van der Waals surface area contributed by atoms with Gasteiger partial charge >= 0.3 is 0 Å². The molecule has 0 bridgehead atoms. The van der Waals surface area contributed by atoms with Gasteiger partial charge in [0.1, 0.15) is 6.01 Å². The van der Waals surface area contributed by atoms with E-state index in [-0.39, 0.29) is 5.69 Å². The number of benzene rings is 1. The Morgan fingerprint density at radius 3 is 2.92 bits per heavy atom. The second-order valence-corrected chi connectivity index (χ2v) is 2.99. The van der Waals surface area contributed by atoms with E-state index in [1.54, 1.807) is 6.07 Å². The Bertz CT molecular complexity index is 292. The fourth-order valence-corrected chi connectivity index (χ4v) is 1.25. The molecule has 0 radical (unpaired) electrons. The lowest BCUT2D eigenvalue weighted by Crippen LogP contribution is -1.86. The van der Waals surface area contributed by atoms with Gasteiger partial charge in [-0.1, -0.05) is 17.8 Å². The minimum Gasteiger partial charge on any atom is -0.258 e. The average molecular weight is 187 g/mol. The quantitative estimate of drug-likeness (QED) is 0.415. The summed E-state index contributed by atoms with van der Waals surface area (Å²) in [5.41, 5.74) is -0.00606. The summed E-state index contributed by atoms with van der Waals surface area (Å²) >= 11 is 0.936. The van der Waals surface area contributed by atoms with Crippen LogP contribution in [0, 0.1) is 10.1 Å². The predicted molar refractivity (Wildman–Crippen MR) is 44.9 cm³/mol. The Labute approximate surface area is 72.7 Å². The van der Waals surface area contributed by atoms with Gasteiger partial charge in [0.25, 0.3) is 5.69 Å². The predicted octanol–water partition coefficient (Wildman–Crippen LogP) is 2.61. The highest BCUT2D eigenvalue weighted by Gasteiger charge is 2.04. The van der Waals surface area contributed by atoms with Gasteiger partial charge in [-0.05, 0) is 6.07 Å². The first-order chi connectivity index (χ1) is 5.74. The largest absolute Gasteiger partial charge is 0.270 e. The normalized spacial score (nSPS) is 9.75. The zero-order valence-corrected chi connectivity index (χ0v) is 6.88. The number of thioether (sulfide) groups is 1. The maximum Gasteiger partial charge on any atom is 0.270 e. The molecule has 0 fully saturated rings. The molecule has 0 unspecified atom stereocenters. The maximum absolute atomic E-state index is 11.8. The lowest BCUT2D eigenvalue weighted by atomic mass is 10.3. The van der Waals surface area contributed by atoms with Crippen molar-refractivity contribution in [2.24, 2.45) is 0 Å². The van der Waals surface area contributed by atoms with E-state index in [9.17, 15) is 14.5 Å². The molecule has 12 heavy (non-hydrogen) atoms. The molecule has 5 heteroatoms. The van der Waals surface area contributed by atoms with Crippen molar-refractivity contribution in [2.45, 2.75) is 4.90 Å². The van der Waals surface area contributed by atoms with Crippen LogP contribution in [-0.4, -0.2) is 10.9 Å². The number of nitro benzene ring substituents is 1. The summed E-state index contributed by atoms with van der Waals surface area (Å²) in [6.45, 7) is 0. The van der Waals surface area contributed by atoms with Crippen LogP contribution >= 0.6 is 11.8 Å². The van der Waals surface area contributed by atoms with Crippen molar-refractivity contribution >= 4 is 17.4 Å². The first-order valence-electron chi connectivity index (χ1n) is 3.17. The number of hydrogen-bond donors (Lipinski definition) is 0. The molecular formula is C7H6FNO2S. The van der Waals surface area contributed by atoms with Crippen LogP contribution in [0.1, 0.15) is 0 Å². The van der Waals surface area contributed by atoms with Crippen LogP contribution in [0.2, 0.25) is 0 Å². The van der Waals surface area contributed by atoms with Crippen molar-refractivity contribution in [3.8, 4) is 0 Å². The third-order valence-electron chi connectivity index (χ3n) is 1.25. The topological polar surface area (TPSA) is 43.1 Å². The molecule has 1 aromatic carbocycles. The Hall–Kier alpha value is -1.10. The zero-order chi connectivity index (χ0) is 8.97. The summed E-state index contributed by atoms with van der Waals surface area (Å²) in [6, 6.07) is 5.33. The molecule has 1 aromatic rings. The van der Waals surface area contributed by atoms with Gasteiger partial charge in [0.2, 0.25) is 0 Å². The van der Waals surface area contributed by atoms with Gasteiger partial charge in [-0.25, -0.2) is 4.39 Å². The lowest BCUT2D eigenvalue weighted by molar-refractivity contribution is -0.385. The average Bonchev–Trinajstić information content (AvgIpc) is 2.05. The van der Waals surface area contributed by atoms with E-state index in [4.69, 9.17) is 0 Å². The number of rotatable bonds is 3. The number of hydrogen-bond acceptors (Lipinski definition) is 3. The van der Waals surface area contributed by atoms with Crippen LogP contribution in [0.4, 0.5) is 10.1 Å². The summed E-state index contributed by atoms with van der Waals surface area (Å²) in [5.74, 6) is 0. The van der Waals surface area contributed by atoms with E-state index < -0.39 is 10.9 Å². The lowest BCUT2D eigenvalue weighted by Gasteiger charge is -1.95. The highest BCUT2D eigenvalue weighted by atomic mass is 32.2. The summed E-state index contributed by atoms with van der Waals surface area (Å²) in [5, 5.41) is 10.3. The fourth-order valence-electron chi connectivity index (χ4n) is 0.750. The molecule has 0 amide bonds. The summed E-state index contributed by atoms with van der Waals surface area (Å²) in [6.07, 6.45) is 0. The Kier molecular flexibility index (Phi) is 3.04. The zero-order valence-electron chi connectivity index (χ0n) is 6.07. The second-order valence-electron chi connectivity index (χ2n) is 2.01. The highest BCUT2D eigenvalue weighted by molar-refractivity contribution is 7.99. The van der Waals surface area contributed by atoms with Crippen LogP contribution in [0.3, 0.4) is 0 Å². The number of nitro groups is 1. The van der Waals surface area contributed by atoms with E-state index in [1.807, 2.05) is 0 Å². The van der Waals surface area contributed by atoms with Gasteiger partial charge in [0.15, 0.2) is 0 Å². The molecule has 0 aliphatic heterocycles. The highest BCUT2D eigenvalue weighted by Crippen LogP contribution is 2.22. The molecule has 3 nitrogen and oxygen atoms in total. The second kappa shape index (κ2) is 4.06.